The number of ether oxygens (including phenoxy) is 1. The molecule has 1 aromatic carbocycles. The van der Waals surface area contributed by atoms with Crippen LogP contribution in [0.2, 0.25) is 0 Å². The summed E-state index contributed by atoms with van der Waals surface area (Å²) in [7, 11) is 0. The van der Waals surface area contributed by atoms with E-state index in [9.17, 15) is 5.11 Å². The Morgan fingerprint density at radius 3 is 2.36 bits per heavy atom. The van der Waals surface area contributed by atoms with Crippen molar-refractivity contribution in [3.8, 4) is 0 Å². The van der Waals surface area contributed by atoms with Crippen LogP contribution >= 0.6 is 22.6 Å². The van der Waals surface area contributed by atoms with E-state index in [0.29, 0.717) is 10.0 Å². The summed E-state index contributed by atoms with van der Waals surface area (Å²) in [5, 5.41) is 9.62. The van der Waals surface area contributed by atoms with Gasteiger partial charge in [0, 0.05) is 0 Å². The van der Waals surface area contributed by atoms with Gasteiger partial charge in [0.05, 0.1) is 12.7 Å². The topological polar surface area (TPSA) is 29.5 Å². The van der Waals surface area contributed by atoms with Crippen LogP contribution in [-0.2, 0) is 11.2 Å². The minimum atomic E-state index is -0.0598. The summed E-state index contributed by atoms with van der Waals surface area (Å²) in [6.07, 6.45) is 9.08. The van der Waals surface area contributed by atoms with E-state index in [1.807, 2.05) is 0 Å². The highest BCUT2D eigenvalue weighted by Gasteiger charge is 2.21. The van der Waals surface area contributed by atoms with E-state index in [2.05, 4.69) is 46.9 Å². The van der Waals surface area contributed by atoms with Crippen molar-refractivity contribution >= 4 is 22.6 Å². The van der Waals surface area contributed by atoms with Crippen molar-refractivity contribution < 1.29 is 9.84 Å². The molecule has 3 rings (SSSR count). The van der Waals surface area contributed by atoms with E-state index in [1.54, 1.807) is 0 Å². The number of halogens is 1. The van der Waals surface area contributed by atoms with Gasteiger partial charge in [0.1, 0.15) is 4.11 Å². The summed E-state index contributed by atoms with van der Waals surface area (Å²) in [6.45, 7) is 0.941. The Morgan fingerprint density at radius 1 is 1.00 bits per heavy atom. The lowest BCUT2D eigenvalue weighted by Crippen LogP contribution is -2.22. The van der Waals surface area contributed by atoms with Crippen LogP contribution in [0.1, 0.15) is 62.0 Å². The fraction of sp³-hybridized carbons (Fsp3) is 0.684. The Balaban J connectivity index is 1.47. The molecule has 1 saturated heterocycles. The van der Waals surface area contributed by atoms with Crippen molar-refractivity contribution in [3.05, 3.63) is 35.4 Å². The van der Waals surface area contributed by atoms with Gasteiger partial charge in [-0.2, -0.15) is 0 Å². The first-order valence-corrected chi connectivity index (χ1v) is 9.98. The van der Waals surface area contributed by atoms with Gasteiger partial charge in [-0.05, 0) is 74.3 Å². The normalized spacial score (nSPS) is 32.8. The Kier molecular flexibility index (Phi) is 6.16. The van der Waals surface area contributed by atoms with Gasteiger partial charge >= 0.3 is 0 Å². The quantitative estimate of drug-likeness (QED) is 0.565. The summed E-state index contributed by atoms with van der Waals surface area (Å²) >= 11 is 2.39. The summed E-state index contributed by atoms with van der Waals surface area (Å²) < 4.78 is 6.18. The predicted octanol–water partition coefficient (Wildman–Crippen LogP) is 4.83. The average Bonchev–Trinajstić information content (AvgIpc) is 2.56. The maximum Gasteiger partial charge on any atom is 0.108 e. The lowest BCUT2D eigenvalue weighted by atomic mass is 9.82. The van der Waals surface area contributed by atoms with Crippen LogP contribution < -0.4 is 0 Å². The van der Waals surface area contributed by atoms with Gasteiger partial charge in [0.2, 0.25) is 0 Å². The molecule has 0 radical (unpaired) electrons. The molecule has 0 amide bonds. The number of alkyl halides is 1. The van der Waals surface area contributed by atoms with Crippen molar-refractivity contribution in [3.63, 3.8) is 0 Å². The Bertz CT molecular complexity index is 443. The average molecular weight is 414 g/mol. The van der Waals surface area contributed by atoms with Crippen LogP contribution in [0.25, 0.3) is 0 Å². The van der Waals surface area contributed by atoms with Crippen molar-refractivity contribution in [2.75, 3.05) is 6.61 Å². The second-order valence-electron chi connectivity index (χ2n) is 6.97. The zero-order valence-corrected chi connectivity index (χ0v) is 15.4. The largest absolute Gasteiger partial charge is 0.393 e. The van der Waals surface area contributed by atoms with Crippen LogP contribution in [0, 0.1) is 5.92 Å². The monoisotopic (exact) mass is 414 g/mol. The first-order valence-electron chi connectivity index (χ1n) is 8.73. The molecule has 0 aromatic heterocycles. The molecular weight excluding hydrogens is 387 g/mol. The third kappa shape index (κ3) is 4.68. The minimum absolute atomic E-state index is 0.0598. The van der Waals surface area contributed by atoms with Gasteiger partial charge in [0.25, 0.3) is 0 Å². The molecule has 1 aromatic rings. The molecule has 0 bridgehead atoms. The smallest absolute Gasteiger partial charge is 0.108 e. The molecule has 1 N–H and O–H groups in total. The SMILES string of the molecule is OC1CCC(c2ccc(CCC3CCC(I)OC3)cc2)CC1. The molecular formula is C19H27IO2. The third-order valence-electron chi connectivity index (χ3n) is 5.30. The number of aliphatic hydroxyl groups is 1. The maximum absolute atomic E-state index is 9.62. The number of aliphatic hydroxyl groups excluding tert-OH is 1. The van der Waals surface area contributed by atoms with E-state index < -0.39 is 0 Å². The van der Waals surface area contributed by atoms with E-state index in [0.717, 1.165) is 38.2 Å². The Hall–Kier alpha value is -0.130. The van der Waals surface area contributed by atoms with Crippen LogP contribution in [-0.4, -0.2) is 21.9 Å². The van der Waals surface area contributed by atoms with Crippen LogP contribution in [0.3, 0.4) is 0 Å². The Morgan fingerprint density at radius 2 is 1.73 bits per heavy atom. The molecule has 2 unspecified atom stereocenters. The minimum Gasteiger partial charge on any atom is -0.393 e. The fourth-order valence-electron chi connectivity index (χ4n) is 3.74. The summed E-state index contributed by atoms with van der Waals surface area (Å²) in [5.41, 5.74) is 2.92. The van der Waals surface area contributed by atoms with Crippen LogP contribution in [0.5, 0.6) is 0 Å². The molecule has 122 valence electrons. The van der Waals surface area contributed by atoms with E-state index >= 15 is 0 Å². The number of aryl methyl sites for hydroxylation is 1. The van der Waals surface area contributed by atoms with Crippen molar-refractivity contribution in [2.45, 2.75) is 67.5 Å². The molecule has 2 atom stereocenters. The van der Waals surface area contributed by atoms with Gasteiger partial charge in [-0.25, -0.2) is 0 Å². The van der Waals surface area contributed by atoms with Crippen LogP contribution in [0.15, 0.2) is 24.3 Å². The summed E-state index contributed by atoms with van der Waals surface area (Å²) in [5.74, 6) is 1.40. The fourth-order valence-corrected chi connectivity index (χ4v) is 4.31. The molecule has 1 saturated carbocycles. The molecule has 22 heavy (non-hydrogen) atoms. The standard InChI is InChI=1S/C19H27IO2/c20-19-12-5-15(13-22-19)2-1-14-3-6-16(7-4-14)17-8-10-18(21)11-9-17/h3-4,6-7,15,17-19,21H,1-2,5,8-13H2. The second-order valence-corrected chi connectivity index (χ2v) is 8.36. The molecule has 2 aliphatic rings. The number of rotatable bonds is 4. The molecule has 1 aliphatic heterocycles. The van der Waals surface area contributed by atoms with E-state index in [4.69, 9.17) is 4.74 Å². The molecule has 1 heterocycles. The lowest BCUT2D eigenvalue weighted by Gasteiger charge is -2.26. The zero-order chi connectivity index (χ0) is 15.4. The molecule has 3 heteroatoms. The maximum atomic E-state index is 9.62. The highest BCUT2D eigenvalue weighted by Crippen LogP contribution is 2.33. The zero-order valence-electron chi connectivity index (χ0n) is 13.2. The van der Waals surface area contributed by atoms with Gasteiger partial charge in [-0.15, -0.1) is 0 Å². The number of hydrogen-bond acceptors (Lipinski definition) is 2. The van der Waals surface area contributed by atoms with Gasteiger partial charge in [-0.3, -0.25) is 0 Å². The Labute approximate surface area is 147 Å². The van der Waals surface area contributed by atoms with Gasteiger partial charge in [-0.1, -0.05) is 46.9 Å². The predicted molar refractivity (Wildman–Crippen MR) is 98.5 cm³/mol. The number of benzene rings is 1. The number of hydrogen-bond donors (Lipinski definition) is 1. The third-order valence-corrected chi connectivity index (χ3v) is 6.29. The summed E-state index contributed by atoms with van der Waals surface area (Å²) in [6, 6.07) is 9.25. The highest BCUT2D eigenvalue weighted by atomic mass is 127. The van der Waals surface area contributed by atoms with E-state index in [-0.39, 0.29) is 6.10 Å². The van der Waals surface area contributed by atoms with Gasteiger partial charge < -0.3 is 9.84 Å². The van der Waals surface area contributed by atoms with Crippen LogP contribution in [0.4, 0.5) is 0 Å². The first kappa shape index (κ1) is 16.7. The molecule has 1 aliphatic carbocycles. The van der Waals surface area contributed by atoms with Crippen molar-refractivity contribution in [2.24, 2.45) is 5.92 Å². The van der Waals surface area contributed by atoms with Crippen molar-refractivity contribution in [1.29, 1.82) is 0 Å². The second kappa shape index (κ2) is 8.11. The lowest BCUT2D eigenvalue weighted by molar-refractivity contribution is 0.0403. The van der Waals surface area contributed by atoms with Gasteiger partial charge in [0.15, 0.2) is 0 Å². The molecule has 0 spiro atoms. The summed E-state index contributed by atoms with van der Waals surface area (Å²) in [4.78, 5) is 0. The van der Waals surface area contributed by atoms with Crippen molar-refractivity contribution in [1.82, 2.24) is 0 Å². The molecule has 2 nitrogen and oxygen atoms in total. The highest BCUT2D eigenvalue weighted by molar-refractivity contribution is 14.1. The first-order chi connectivity index (χ1) is 10.7. The van der Waals surface area contributed by atoms with E-state index in [1.165, 1.54) is 36.8 Å². The molecule has 2 fully saturated rings.